The molecule has 1 atom stereocenters. The second kappa shape index (κ2) is 10.5. The van der Waals surface area contributed by atoms with E-state index in [4.69, 9.17) is 9.47 Å². The van der Waals surface area contributed by atoms with Crippen LogP contribution < -0.4 is 24.4 Å². The van der Waals surface area contributed by atoms with Crippen molar-refractivity contribution in [3.63, 3.8) is 0 Å². The van der Waals surface area contributed by atoms with Crippen molar-refractivity contribution in [1.29, 1.82) is 0 Å². The maximum absolute atomic E-state index is 13.4. The summed E-state index contributed by atoms with van der Waals surface area (Å²) in [5.74, 6) is 0.688. The number of nitrogens with zero attached hydrogens (tertiary/aromatic N) is 1. The summed E-state index contributed by atoms with van der Waals surface area (Å²) in [5.41, 5.74) is 1.53. The molecule has 0 saturated heterocycles. The fourth-order valence-electron chi connectivity index (χ4n) is 3.64. The number of urea groups is 1. The molecule has 0 fully saturated rings. The van der Waals surface area contributed by atoms with E-state index in [1.165, 1.54) is 17.0 Å². The number of carbonyl (C=O) groups is 2. The molecule has 0 unspecified atom stereocenters. The Bertz CT molecular complexity index is 1300. The first-order chi connectivity index (χ1) is 16.8. The Kier molecular flexibility index (Phi) is 7.21. The molecule has 0 radical (unpaired) electrons. The molecule has 3 amide bonds. The fraction of sp³-hybridized carbons (Fsp3) is 0.200. The molecule has 2 N–H and O–H groups in total. The van der Waals surface area contributed by atoms with Gasteiger partial charge in [-0.15, -0.1) is 0 Å². The third kappa shape index (κ3) is 5.90. The summed E-state index contributed by atoms with van der Waals surface area (Å²) in [6.07, 6.45) is 0.758. The normalized spacial score (nSPS) is 13.1. The summed E-state index contributed by atoms with van der Waals surface area (Å²) in [5, 5.41) is 2.54. The lowest BCUT2D eigenvalue weighted by Crippen LogP contribution is -2.51. The second-order valence-corrected chi connectivity index (χ2v) is 9.59. The van der Waals surface area contributed by atoms with Crippen LogP contribution in [0.3, 0.4) is 0 Å². The molecule has 0 saturated carbocycles. The molecule has 0 bridgehead atoms. The number of nitrogens with one attached hydrogen (secondary N) is 2. The zero-order valence-corrected chi connectivity index (χ0v) is 19.8. The monoisotopic (exact) mass is 495 g/mol. The summed E-state index contributed by atoms with van der Waals surface area (Å²) in [7, 11) is -2.52. The fourth-order valence-corrected chi connectivity index (χ4v) is 4.57. The summed E-state index contributed by atoms with van der Waals surface area (Å²) < 4.78 is 37.8. The third-order valence-electron chi connectivity index (χ3n) is 5.52. The lowest BCUT2D eigenvalue weighted by Gasteiger charge is -2.25. The van der Waals surface area contributed by atoms with Crippen LogP contribution >= 0.6 is 0 Å². The van der Waals surface area contributed by atoms with E-state index in [0.29, 0.717) is 23.6 Å². The lowest BCUT2D eigenvalue weighted by molar-refractivity contribution is -0.120. The van der Waals surface area contributed by atoms with Crippen LogP contribution in [0.5, 0.6) is 11.5 Å². The van der Waals surface area contributed by atoms with Crippen molar-refractivity contribution in [3.8, 4) is 11.5 Å². The summed E-state index contributed by atoms with van der Waals surface area (Å²) in [6.45, 7) is 0.105. The summed E-state index contributed by atoms with van der Waals surface area (Å²) >= 11 is 0. The Morgan fingerprint density at radius 3 is 2.31 bits per heavy atom. The molecule has 0 aliphatic carbocycles. The number of sulfonamides is 1. The standard InChI is InChI=1S/C25H25N3O6S/c1-28(19-13-15-22-23(16-19)34-17-33-22)24(29)21(14-12-18-8-4-2-5-9-18)26-25(30)27-35(31,32)20-10-6-3-7-11-20/h2-11,13,15-16,21H,12,14,17H2,1H3,(H2,26,27,30)/t21-/m0/s1. The van der Waals surface area contributed by atoms with E-state index in [0.717, 1.165) is 5.56 Å². The number of rotatable bonds is 8. The van der Waals surface area contributed by atoms with Crippen molar-refractivity contribution in [2.24, 2.45) is 0 Å². The zero-order valence-electron chi connectivity index (χ0n) is 19.0. The van der Waals surface area contributed by atoms with Crippen LogP contribution in [0.25, 0.3) is 0 Å². The van der Waals surface area contributed by atoms with E-state index in [2.05, 4.69) is 5.32 Å². The molecule has 4 rings (SSSR count). The minimum atomic E-state index is -4.09. The first-order valence-corrected chi connectivity index (χ1v) is 12.4. The van der Waals surface area contributed by atoms with E-state index in [1.807, 2.05) is 35.1 Å². The van der Waals surface area contributed by atoms with Gasteiger partial charge in [-0.2, -0.15) is 0 Å². The van der Waals surface area contributed by atoms with Crippen molar-refractivity contribution in [2.45, 2.75) is 23.8 Å². The quantitative estimate of drug-likeness (QED) is 0.497. The molecule has 1 heterocycles. The molecule has 10 heteroatoms. The topological polar surface area (TPSA) is 114 Å². The highest BCUT2D eigenvalue weighted by Crippen LogP contribution is 2.35. The van der Waals surface area contributed by atoms with Gasteiger partial charge in [-0.1, -0.05) is 48.5 Å². The van der Waals surface area contributed by atoms with Gasteiger partial charge in [-0.25, -0.2) is 17.9 Å². The molecule has 35 heavy (non-hydrogen) atoms. The van der Waals surface area contributed by atoms with E-state index in [-0.39, 0.29) is 18.1 Å². The number of benzene rings is 3. The van der Waals surface area contributed by atoms with Crippen molar-refractivity contribution >= 4 is 27.6 Å². The number of ether oxygens (including phenoxy) is 2. The number of carbonyl (C=O) groups excluding carboxylic acids is 2. The number of hydrogen-bond acceptors (Lipinski definition) is 6. The molecule has 182 valence electrons. The van der Waals surface area contributed by atoms with E-state index in [1.54, 1.807) is 43.4 Å². The average molecular weight is 496 g/mol. The van der Waals surface area contributed by atoms with Crippen molar-refractivity contribution in [1.82, 2.24) is 10.0 Å². The molecule has 1 aliphatic heterocycles. The van der Waals surface area contributed by atoms with Crippen LogP contribution in [0.2, 0.25) is 0 Å². The van der Waals surface area contributed by atoms with Crippen molar-refractivity contribution < 1.29 is 27.5 Å². The third-order valence-corrected chi connectivity index (χ3v) is 6.87. The van der Waals surface area contributed by atoms with Gasteiger partial charge in [-0.3, -0.25) is 4.79 Å². The molecule has 9 nitrogen and oxygen atoms in total. The first kappa shape index (κ1) is 24.1. The molecule has 0 aromatic heterocycles. The number of anilines is 1. The average Bonchev–Trinajstić information content (AvgIpc) is 3.34. The Hall–Kier alpha value is -4.05. The smallest absolute Gasteiger partial charge is 0.329 e. The highest BCUT2D eigenvalue weighted by Gasteiger charge is 2.28. The number of likely N-dealkylation sites (N-methyl/N-ethyl adjacent to an activating group) is 1. The van der Waals surface area contributed by atoms with Crippen molar-refractivity contribution in [2.75, 3.05) is 18.7 Å². The molecule has 3 aromatic rings. The second-order valence-electron chi connectivity index (χ2n) is 7.90. The van der Waals surface area contributed by atoms with E-state index < -0.39 is 28.0 Å². The largest absolute Gasteiger partial charge is 0.454 e. The minimum absolute atomic E-state index is 0.0557. The maximum Gasteiger partial charge on any atom is 0.329 e. The SMILES string of the molecule is CN(C(=O)[C@H](CCc1ccccc1)NC(=O)NS(=O)(=O)c1ccccc1)c1ccc2c(c1)OCO2. The lowest BCUT2D eigenvalue weighted by atomic mass is 10.0. The predicted molar refractivity (Wildman–Crippen MR) is 130 cm³/mol. The van der Waals surface area contributed by atoms with Gasteiger partial charge in [-0.05, 0) is 42.7 Å². The van der Waals surface area contributed by atoms with Gasteiger partial charge in [0.15, 0.2) is 11.5 Å². The number of aryl methyl sites for hydroxylation is 1. The summed E-state index contributed by atoms with van der Waals surface area (Å²) in [6, 6.07) is 20.1. The number of hydrogen-bond donors (Lipinski definition) is 2. The van der Waals surface area contributed by atoms with E-state index in [9.17, 15) is 18.0 Å². The maximum atomic E-state index is 13.4. The first-order valence-electron chi connectivity index (χ1n) is 10.9. The Morgan fingerprint density at radius 2 is 1.60 bits per heavy atom. The highest BCUT2D eigenvalue weighted by molar-refractivity contribution is 7.90. The Morgan fingerprint density at radius 1 is 0.943 bits per heavy atom. The highest BCUT2D eigenvalue weighted by atomic mass is 32.2. The van der Waals surface area contributed by atoms with Gasteiger partial charge in [0.2, 0.25) is 12.7 Å². The molecule has 3 aromatic carbocycles. The van der Waals surface area contributed by atoms with Gasteiger partial charge >= 0.3 is 6.03 Å². The summed E-state index contributed by atoms with van der Waals surface area (Å²) in [4.78, 5) is 27.4. The van der Waals surface area contributed by atoms with Gasteiger partial charge in [0.05, 0.1) is 4.90 Å². The van der Waals surface area contributed by atoms with Gasteiger partial charge in [0.1, 0.15) is 6.04 Å². The molecule has 1 aliphatic rings. The van der Waals surface area contributed by atoms with Crippen LogP contribution in [-0.4, -0.2) is 40.2 Å². The molecular formula is C25H25N3O6S. The van der Waals surface area contributed by atoms with Crippen LogP contribution in [-0.2, 0) is 21.2 Å². The van der Waals surface area contributed by atoms with Gasteiger partial charge in [0.25, 0.3) is 10.0 Å². The zero-order chi connectivity index (χ0) is 24.8. The molecular weight excluding hydrogens is 470 g/mol. The number of amides is 3. The Balaban J connectivity index is 1.51. The predicted octanol–water partition coefficient (Wildman–Crippen LogP) is 3.07. The minimum Gasteiger partial charge on any atom is -0.454 e. The van der Waals surface area contributed by atoms with Gasteiger partial charge in [0, 0.05) is 18.8 Å². The van der Waals surface area contributed by atoms with Crippen LogP contribution in [0.15, 0.2) is 83.8 Å². The van der Waals surface area contributed by atoms with E-state index >= 15 is 0 Å². The Labute approximate surface area is 203 Å². The van der Waals surface area contributed by atoms with Crippen LogP contribution in [0, 0.1) is 0 Å². The number of fused-ring (bicyclic) bond motifs is 1. The van der Waals surface area contributed by atoms with Crippen molar-refractivity contribution in [3.05, 3.63) is 84.4 Å². The molecule has 0 spiro atoms. The van der Waals surface area contributed by atoms with Gasteiger partial charge < -0.3 is 19.7 Å². The van der Waals surface area contributed by atoms with Crippen LogP contribution in [0.1, 0.15) is 12.0 Å². The van der Waals surface area contributed by atoms with Crippen LogP contribution in [0.4, 0.5) is 10.5 Å².